The second-order valence-corrected chi connectivity index (χ2v) is 18.0. The van der Waals surface area contributed by atoms with Gasteiger partial charge in [-0.25, -0.2) is 20.1 Å². The monoisotopic (exact) mass is 410 g/mol. The van der Waals surface area contributed by atoms with Gasteiger partial charge in [-0.3, -0.25) is 4.98 Å². The molecule has 4 heteroatoms. The van der Waals surface area contributed by atoms with E-state index in [0.29, 0.717) is 4.58 Å². The van der Waals surface area contributed by atoms with Gasteiger partial charge < -0.3 is 4.57 Å². The van der Waals surface area contributed by atoms with Gasteiger partial charge in [-0.15, -0.1) is 0 Å². The third-order valence-corrected chi connectivity index (χ3v) is 11.6. The molecule has 4 rings (SSSR count). The summed E-state index contributed by atoms with van der Waals surface area (Å²) in [5.74, 6) is 0. The van der Waals surface area contributed by atoms with E-state index in [1.165, 1.54) is 33.2 Å². The molecule has 28 heavy (non-hydrogen) atoms. The van der Waals surface area contributed by atoms with Crippen LogP contribution in [0, 0.1) is 0 Å². The van der Waals surface area contributed by atoms with Crippen LogP contribution in [0.3, 0.4) is 0 Å². The standard InChI is InChI=1S/C24H30N2S2/c1-27(2,3)24(28(4,5)6)21-17-18(15-16-25-21)26-22-13-9-7-11-19(22)20-12-8-10-14-23(20)26/h7-17,24H,1-6H3. The summed E-state index contributed by atoms with van der Waals surface area (Å²) >= 11 is 0. The first-order valence-corrected chi connectivity index (χ1v) is 15.3. The summed E-state index contributed by atoms with van der Waals surface area (Å²) in [6.07, 6.45) is 16.5. The van der Waals surface area contributed by atoms with Crippen LogP contribution in [-0.2, 0) is 0 Å². The number of aromatic nitrogens is 2. The van der Waals surface area contributed by atoms with Crippen molar-refractivity contribution >= 4 is 41.9 Å². The van der Waals surface area contributed by atoms with Crippen LogP contribution in [0.2, 0.25) is 0 Å². The summed E-state index contributed by atoms with van der Waals surface area (Å²) in [7, 11) is -1.56. The van der Waals surface area contributed by atoms with Crippen molar-refractivity contribution in [2.24, 2.45) is 0 Å². The molecule has 0 fully saturated rings. The lowest BCUT2D eigenvalue weighted by Crippen LogP contribution is -2.15. The lowest BCUT2D eigenvalue weighted by Gasteiger charge is -2.47. The van der Waals surface area contributed by atoms with Crippen LogP contribution in [0.15, 0.2) is 66.9 Å². The van der Waals surface area contributed by atoms with Crippen LogP contribution in [0.1, 0.15) is 10.3 Å². The topological polar surface area (TPSA) is 17.8 Å². The van der Waals surface area contributed by atoms with Gasteiger partial charge in [0.25, 0.3) is 0 Å². The molecule has 4 aromatic rings. The van der Waals surface area contributed by atoms with E-state index in [4.69, 9.17) is 4.98 Å². The maximum Gasteiger partial charge on any atom is 0.0625 e. The second-order valence-electron chi connectivity index (χ2n) is 9.00. The largest absolute Gasteiger partial charge is 0.309 e. The average molecular weight is 411 g/mol. The predicted octanol–water partition coefficient (Wildman–Crippen LogP) is 6.57. The summed E-state index contributed by atoms with van der Waals surface area (Å²) < 4.78 is 2.91. The van der Waals surface area contributed by atoms with Crippen LogP contribution in [-0.4, -0.2) is 47.1 Å². The van der Waals surface area contributed by atoms with Gasteiger partial charge in [-0.05, 0) is 61.8 Å². The fourth-order valence-corrected chi connectivity index (χ4v) is 13.1. The summed E-state index contributed by atoms with van der Waals surface area (Å²) in [4.78, 5) is 4.87. The maximum absolute atomic E-state index is 4.87. The lowest BCUT2D eigenvalue weighted by molar-refractivity contribution is 1.09. The third kappa shape index (κ3) is 3.33. The first-order chi connectivity index (χ1) is 13.2. The Bertz CT molecular complexity index is 1080. The second kappa shape index (κ2) is 6.85. The predicted molar refractivity (Wildman–Crippen MR) is 132 cm³/mol. The first-order valence-electron chi connectivity index (χ1n) is 9.47. The van der Waals surface area contributed by atoms with Crippen molar-refractivity contribution < 1.29 is 0 Å². The van der Waals surface area contributed by atoms with Gasteiger partial charge in [0.05, 0.1) is 21.3 Å². The highest BCUT2D eigenvalue weighted by Crippen LogP contribution is 2.68. The average Bonchev–Trinajstić information content (AvgIpc) is 2.94. The maximum atomic E-state index is 4.87. The van der Waals surface area contributed by atoms with Gasteiger partial charge in [0.1, 0.15) is 0 Å². The number of hydrogen-bond acceptors (Lipinski definition) is 1. The van der Waals surface area contributed by atoms with E-state index in [9.17, 15) is 0 Å². The van der Waals surface area contributed by atoms with Crippen molar-refractivity contribution in [1.29, 1.82) is 0 Å². The minimum Gasteiger partial charge on any atom is -0.309 e. The summed E-state index contributed by atoms with van der Waals surface area (Å²) in [6, 6.07) is 21.9. The van der Waals surface area contributed by atoms with Crippen LogP contribution in [0.4, 0.5) is 0 Å². The van der Waals surface area contributed by atoms with E-state index in [-0.39, 0.29) is 0 Å². The number of pyridine rings is 1. The first kappa shape index (κ1) is 19.4. The van der Waals surface area contributed by atoms with E-state index in [1.54, 1.807) is 0 Å². The van der Waals surface area contributed by atoms with Crippen LogP contribution in [0.25, 0.3) is 27.5 Å². The van der Waals surface area contributed by atoms with Crippen LogP contribution in [0.5, 0.6) is 0 Å². The summed E-state index contributed by atoms with van der Waals surface area (Å²) in [6.45, 7) is 0. The molecule has 0 spiro atoms. The lowest BCUT2D eigenvalue weighted by atomic mass is 10.2. The van der Waals surface area contributed by atoms with Gasteiger partial charge in [-0.1, -0.05) is 36.4 Å². The minimum absolute atomic E-state index is 0.521. The van der Waals surface area contributed by atoms with Crippen molar-refractivity contribution in [3.05, 3.63) is 72.6 Å². The fourth-order valence-electron chi connectivity index (χ4n) is 4.50. The highest BCUT2D eigenvalue weighted by Gasteiger charge is 2.31. The van der Waals surface area contributed by atoms with Crippen molar-refractivity contribution in [3.63, 3.8) is 0 Å². The number of benzene rings is 2. The zero-order valence-corrected chi connectivity index (χ0v) is 19.3. The quantitative estimate of drug-likeness (QED) is 0.372. The minimum atomic E-state index is -0.781. The molecule has 0 amide bonds. The van der Waals surface area contributed by atoms with Crippen LogP contribution < -0.4 is 0 Å². The van der Waals surface area contributed by atoms with E-state index in [2.05, 4.69) is 103 Å². The van der Waals surface area contributed by atoms with Gasteiger partial charge in [0.2, 0.25) is 0 Å². The molecule has 0 aliphatic heterocycles. The number of nitrogens with zero attached hydrogens (tertiary/aromatic N) is 2. The Balaban J connectivity index is 1.98. The van der Waals surface area contributed by atoms with Crippen molar-refractivity contribution in [3.8, 4) is 5.69 Å². The molecule has 0 aliphatic carbocycles. The fraction of sp³-hybridized carbons (Fsp3) is 0.292. The Morgan fingerprint density at radius 1 is 0.714 bits per heavy atom. The van der Waals surface area contributed by atoms with Gasteiger partial charge in [-0.2, -0.15) is 0 Å². The highest BCUT2D eigenvalue weighted by molar-refractivity contribution is 8.47. The van der Waals surface area contributed by atoms with Gasteiger partial charge in [0.15, 0.2) is 0 Å². The van der Waals surface area contributed by atoms with E-state index in [1.807, 2.05) is 6.20 Å². The zero-order valence-electron chi connectivity index (χ0n) is 17.6. The summed E-state index contributed by atoms with van der Waals surface area (Å²) in [5, 5.41) is 2.60. The normalized spacial score (nSPS) is 14.1. The van der Waals surface area contributed by atoms with Gasteiger partial charge in [0, 0.05) is 22.7 Å². The molecule has 0 saturated carbocycles. The molecule has 2 nitrogen and oxygen atoms in total. The van der Waals surface area contributed by atoms with E-state index in [0.717, 1.165) is 0 Å². The number of hydrogen-bond donors (Lipinski definition) is 0. The molecule has 0 unspecified atom stereocenters. The molecule has 0 atom stereocenters. The molecule has 2 aromatic heterocycles. The molecule has 0 bridgehead atoms. The Hall–Kier alpha value is -1.91. The molecule has 0 aliphatic rings. The molecule has 0 saturated heterocycles. The number of fused-ring (bicyclic) bond motifs is 3. The molecule has 2 heterocycles. The van der Waals surface area contributed by atoms with E-state index < -0.39 is 20.1 Å². The Kier molecular flexibility index (Phi) is 4.75. The molecule has 148 valence electrons. The van der Waals surface area contributed by atoms with E-state index >= 15 is 0 Å². The third-order valence-electron chi connectivity index (χ3n) is 5.13. The van der Waals surface area contributed by atoms with Crippen molar-refractivity contribution in [2.75, 3.05) is 37.5 Å². The molecule has 0 N–H and O–H groups in total. The van der Waals surface area contributed by atoms with Crippen LogP contribution >= 0.6 is 20.1 Å². The molecule has 2 aromatic carbocycles. The molecular formula is C24H30N2S2. The highest BCUT2D eigenvalue weighted by atomic mass is 32.3. The van der Waals surface area contributed by atoms with Crippen molar-refractivity contribution in [2.45, 2.75) is 4.58 Å². The molecular weight excluding hydrogens is 380 g/mol. The Morgan fingerprint density at radius 2 is 1.21 bits per heavy atom. The Morgan fingerprint density at radius 3 is 1.71 bits per heavy atom. The smallest absolute Gasteiger partial charge is 0.0625 e. The zero-order chi connectivity index (χ0) is 20.1. The number of rotatable bonds is 4. The van der Waals surface area contributed by atoms with Crippen molar-refractivity contribution in [1.82, 2.24) is 9.55 Å². The number of para-hydroxylation sites is 2. The SMILES string of the molecule is CS(C)(C)C(c1cc(-n2c3ccccc3c3ccccc32)ccn1)S(C)(C)C. The van der Waals surface area contributed by atoms with Gasteiger partial charge >= 0.3 is 0 Å². The molecule has 0 radical (unpaired) electrons. The Labute approximate surface area is 171 Å². The summed E-state index contributed by atoms with van der Waals surface area (Å²) in [5.41, 5.74) is 4.95.